The average Bonchev–Trinajstić information content (AvgIpc) is 2.63. The van der Waals surface area contributed by atoms with Crippen molar-refractivity contribution >= 4 is 11.8 Å². The summed E-state index contributed by atoms with van der Waals surface area (Å²) in [5, 5.41) is 0. The molecule has 4 nitrogen and oxygen atoms in total. The van der Waals surface area contributed by atoms with E-state index in [4.69, 9.17) is 4.74 Å². The first-order chi connectivity index (χ1) is 6.36. The SMILES string of the molecule is COc1ccc2cncn2c1C=O. The Morgan fingerprint density at radius 3 is 3.08 bits per heavy atom. The summed E-state index contributed by atoms with van der Waals surface area (Å²) < 4.78 is 6.72. The van der Waals surface area contributed by atoms with Crippen molar-refractivity contribution in [3.63, 3.8) is 0 Å². The third kappa shape index (κ3) is 1.07. The molecule has 0 aliphatic carbocycles. The molecule has 0 unspecified atom stereocenters. The van der Waals surface area contributed by atoms with E-state index in [0.717, 1.165) is 11.8 Å². The first-order valence-corrected chi connectivity index (χ1v) is 3.81. The Hall–Kier alpha value is -1.84. The largest absolute Gasteiger partial charge is 0.494 e. The predicted molar refractivity (Wildman–Crippen MR) is 47.1 cm³/mol. The second-order valence-electron chi connectivity index (χ2n) is 2.59. The number of aromatic nitrogens is 2. The van der Waals surface area contributed by atoms with E-state index >= 15 is 0 Å². The molecule has 0 radical (unpaired) electrons. The topological polar surface area (TPSA) is 43.6 Å². The molecular formula is C9H8N2O2. The molecule has 13 heavy (non-hydrogen) atoms. The zero-order chi connectivity index (χ0) is 9.26. The Kier molecular flexibility index (Phi) is 1.73. The van der Waals surface area contributed by atoms with Crippen molar-refractivity contribution in [2.45, 2.75) is 0 Å². The second-order valence-corrected chi connectivity index (χ2v) is 2.59. The van der Waals surface area contributed by atoms with Gasteiger partial charge in [-0.05, 0) is 12.1 Å². The standard InChI is InChI=1S/C9H8N2O2/c1-13-9-3-2-7-4-10-6-11(7)8(9)5-12/h2-6H,1H3. The molecule has 0 aromatic carbocycles. The van der Waals surface area contributed by atoms with Crippen molar-refractivity contribution in [3.05, 3.63) is 30.4 Å². The first-order valence-electron chi connectivity index (χ1n) is 3.81. The third-order valence-electron chi connectivity index (χ3n) is 1.92. The number of fused-ring (bicyclic) bond motifs is 1. The van der Waals surface area contributed by atoms with Crippen LogP contribution >= 0.6 is 0 Å². The highest BCUT2D eigenvalue weighted by atomic mass is 16.5. The minimum atomic E-state index is 0.484. The molecule has 0 aliphatic rings. The molecule has 2 rings (SSSR count). The van der Waals surface area contributed by atoms with E-state index in [1.807, 2.05) is 6.07 Å². The van der Waals surface area contributed by atoms with Crippen LogP contribution in [-0.4, -0.2) is 22.8 Å². The van der Waals surface area contributed by atoms with Crippen LogP contribution in [0.5, 0.6) is 5.75 Å². The van der Waals surface area contributed by atoms with Gasteiger partial charge in [-0.25, -0.2) is 4.98 Å². The van der Waals surface area contributed by atoms with E-state index in [1.165, 1.54) is 7.11 Å². The molecule has 0 amide bonds. The number of pyridine rings is 1. The van der Waals surface area contributed by atoms with E-state index in [1.54, 1.807) is 23.0 Å². The third-order valence-corrected chi connectivity index (χ3v) is 1.92. The molecule has 0 atom stereocenters. The summed E-state index contributed by atoms with van der Waals surface area (Å²) in [6.07, 6.45) is 4.03. The maximum atomic E-state index is 10.8. The Labute approximate surface area is 74.8 Å². The average molecular weight is 176 g/mol. The van der Waals surface area contributed by atoms with Crippen molar-refractivity contribution in [1.29, 1.82) is 0 Å². The van der Waals surface area contributed by atoms with Gasteiger partial charge in [0.2, 0.25) is 0 Å². The number of carbonyl (C=O) groups is 1. The Morgan fingerprint density at radius 2 is 2.38 bits per heavy atom. The number of hydrogen-bond acceptors (Lipinski definition) is 3. The zero-order valence-electron chi connectivity index (χ0n) is 7.10. The Morgan fingerprint density at radius 1 is 1.54 bits per heavy atom. The van der Waals surface area contributed by atoms with Crippen LogP contribution in [0.3, 0.4) is 0 Å². The number of imidazole rings is 1. The number of carbonyl (C=O) groups excluding carboxylic acids is 1. The van der Waals surface area contributed by atoms with Crippen molar-refractivity contribution in [2.24, 2.45) is 0 Å². The molecule has 0 bridgehead atoms. The number of methoxy groups -OCH3 is 1. The molecule has 4 heteroatoms. The van der Waals surface area contributed by atoms with E-state index in [0.29, 0.717) is 11.4 Å². The fourth-order valence-electron chi connectivity index (χ4n) is 1.28. The van der Waals surface area contributed by atoms with Crippen LogP contribution < -0.4 is 4.74 Å². The summed E-state index contributed by atoms with van der Waals surface area (Å²) in [7, 11) is 1.53. The van der Waals surface area contributed by atoms with Gasteiger partial charge in [0, 0.05) is 0 Å². The molecule has 0 saturated carbocycles. The highest BCUT2D eigenvalue weighted by Crippen LogP contribution is 2.17. The number of ether oxygens (including phenoxy) is 1. The number of rotatable bonds is 2. The maximum Gasteiger partial charge on any atom is 0.170 e. The minimum absolute atomic E-state index is 0.484. The van der Waals surface area contributed by atoms with Gasteiger partial charge >= 0.3 is 0 Å². The van der Waals surface area contributed by atoms with Gasteiger partial charge in [-0.15, -0.1) is 0 Å². The van der Waals surface area contributed by atoms with Gasteiger partial charge in [0.15, 0.2) is 6.29 Å². The first kappa shape index (κ1) is 7.79. The molecule has 0 N–H and O–H groups in total. The summed E-state index contributed by atoms with van der Waals surface area (Å²) in [6, 6.07) is 3.60. The molecule has 2 aromatic heterocycles. The van der Waals surface area contributed by atoms with Gasteiger partial charge in [-0.1, -0.05) is 0 Å². The summed E-state index contributed by atoms with van der Waals surface area (Å²) in [6.45, 7) is 0. The van der Waals surface area contributed by atoms with Crippen LogP contribution in [0.2, 0.25) is 0 Å². The smallest absolute Gasteiger partial charge is 0.170 e. The number of nitrogens with zero attached hydrogens (tertiary/aromatic N) is 2. The van der Waals surface area contributed by atoms with Crippen LogP contribution in [0.15, 0.2) is 24.7 Å². The van der Waals surface area contributed by atoms with Crippen LogP contribution in [0, 0.1) is 0 Å². The van der Waals surface area contributed by atoms with Crippen molar-refractivity contribution in [3.8, 4) is 5.75 Å². The summed E-state index contributed by atoms with van der Waals surface area (Å²) in [5.41, 5.74) is 1.36. The lowest BCUT2D eigenvalue weighted by Gasteiger charge is -2.04. The van der Waals surface area contributed by atoms with E-state index < -0.39 is 0 Å². The fourth-order valence-corrected chi connectivity index (χ4v) is 1.28. The zero-order valence-corrected chi connectivity index (χ0v) is 7.10. The van der Waals surface area contributed by atoms with E-state index in [-0.39, 0.29) is 0 Å². The van der Waals surface area contributed by atoms with Gasteiger partial charge in [0.05, 0.1) is 25.2 Å². The monoisotopic (exact) mass is 176 g/mol. The van der Waals surface area contributed by atoms with Gasteiger partial charge in [0.25, 0.3) is 0 Å². The van der Waals surface area contributed by atoms with Crippen molar-refractivity contribution in [1.82, 2.24) is 9.38 Å². The van der Waals surface area contributed by atoms with Crippen molar-refractivity contribution < 1.29 is 9.53 Å². The summed E-state index contributed by atoms with van der Waals surface area (Å²) in [5.74, 6) is 0.556. The normalized spacial score (nSPS) is 10.2. The van der Waals surface area contributed by atoms with Crippen LogP contribution in [0.25, 0.3) is 5.52 Å². The molecule has 0 spiro atoms. The highest BCUT2D eigenvalue weighted by Gasteiger charge is 2.05. The Bertz CT molecular complexity index is 448. The molecular weight excluding hydrogens is 168 g/mol. The van der Waals surface area contributed by atoms with Crippen LogP contribution in [-0.2, 0) is 0 Å². The molecule has 0 saturated heterocycles. The summed E-state index contributed by atoms with van der Waals surface area (Å²) >= 11 is 0. The lowest BCUT2D eigenvalue weighted by atomic mass is 10.3. The van der Waals surface area contributed by atoms with Gasteiger partial charge in [0.1, 0.15) is 11.4 Å². The highest BCUT2D eigenvalue weighted by molar-refractivity contribution is 5.78. The summed E-state index contributed by atoms with van der Waals surface area (Å²) in [4.78, 5) is 14.7. The van der Waals surface area contributed by atoms with Gasteiger partial charge in [-0.3, -0.25) is 9.20 Å². The second kappa shape index (κ2) is 2.90. The number of aldehydes is 1. The molecule has 0 aliphatic heterocycles. The van der Waals surface area contributed by atoms with Crippen LogP contribution in [0.1, 0.15) is 10.5 Å². The number of hydrogen-bond donors (Lipinski definition) is 0. The van der Waals surface area contributed by atoms with E-state index in [9.17, 15) is 4.79 Å². The fraction of sp³-hybridized carbons (Fsp3) is 0.111. The quantitative estimate of drug-likeness (QED) is 0.645. The molecule has 0 fully saturated rings. The predicted octanol–water partition coefficient (Wildman–Crippen LogP) is 1.16. The maximum absolute atomic E-state index is 10.8. The molecule has 66 valence electrons. The minimum Gasteiger partial charge on any atom is -0.494 e. The van der Waals surface area contributed by atoms with Crippen molar-refractivity contribution in [2.75, 3.05) is 7.11 Å². The van der Waals surface area contributed by atoms with E-state index in [2.05, 4.69) is 4.98 Å². The van der Waals surface area contributed by atoms with Gasteiger partial charge < -0.3 is 4.74 Å². The Balaban J connectivity index is 2.81. The molecule has 2 heterocycles. The molecule has 2 aromatic rings. The van der Waals surface area contributed by atoms with Crippen LogP contribution in [0.4, 0.5) is 0 Å². The lowest BCUT2D eigenvalue weighted by molar-refractivity contribution is 0.111. The van der Waals surface area contributed by atoms with Gasteiger partial charge in [-0.2, -0.15) is 0 Å². The lowest BCUT2D eigenvalue weighted by Crippen LogP contribution is -1.97.